The van der Waals surface area contributed by atoms with Crippen LogP contribution in [-0.2, 0) is 0 Å². The van der Waals surface area contributed by atoms with Crippen LogP contribution in [0.4, 0.5) is 0 Å². The van der Waals surface area contributed by atoms with Crippen LogP contribution >= 0.6 is 0 Å². The Hall–Kier alpha value is -2.36. The van der Waals surface area contributed by atoms with E-state index in [-0.39, 0.29) is 17.2 Å². The maximum atomic E-state index is 12.3. The van der Waals surface area contributed by atoms with E-state index in [1.807, 2.05) is 39.8 Å². The van der Waals surface area contributed by atoms with Crippen LogP contribution in [-0.4, -0.2) is 17.7 Å². The molecule has 21 heavy (non-hydrogen) atoms. The third kappa shape index (κ3) is 3.40. The van der Waals surface area contributed by atoms with E-state index in [1.165, 1.54) is 0 Å². The van der Waals surface area contributed by atoms with Crippen LogP contribution in [0.15, 0.2) is 34.7 Å². The molecule has 0 bridgehead atoms. The Morgan fingerprint density at radius 1 is 1.19 bits per heavy atom. The number of rotatable bonds is 3. The van der Waals surface area contributed by atoms with Crippen molar-refractivity contribution >= 4 is 12.2 Å². The quantitative estimate of drug-likeness (QED) is 0.877. The van der Waals surface area contributed by atoms with Crippen molar-refractivity contribution in [3.63, 3.8) is 0 Å². The average Bonchev–Trinajstić information content (AvgIpc) is 2.85. The van der Waals surface area contributed by atoms with Gasteiger partial charge >= 0.3 is 0 Å². The molecule has 1 N–H and O–H groups in total. The Bertz CT molecular complexity index is 678. The molecule has 0 atom stereocenters. The van der Waals surface area contributed by atoms with Gasteiger partial charge < -0.3 is 9.73 Å². The zero-order chi connectivity index (χ0) is 15.6. The van der Waals surface area contributed by atoms with Crippen molar-refractivity contribution in [3.8, 4) is 11.3 Å². The summed E-state index contributed by atoms with van der Waals surface area (Å²) in [6.07, 6.45) is 0.662. The summed E-state index contributed by atoms with van der Waals surface area (Å²) in [5.74, 6) is 0.734. The normalized spacial score (nSPS) is 11.2. The van der Waals surface area contributed by atoms with Crippen molar-refractivity contribution in [2.45, 2.75) is 33.2 Å². The molecule has 4 heteroatoms. The van der Waals surface area contributed by atoms with E-state index >= 15 is 0 Å². The molecule has 2 aromatic rings. The number of aldehydes is 1. The predicted octanol–water partition coefficient (Wildman–Crippen LogP) is 3.60. The SMILES string of the molecule is Cc1c(C(=O)NC(C)(C)C)cccc1-c1ccc(C=O)o1. The van der Waals surface area contributed by atoms with Gasteiger partial charge in [0.05, 0.1) is 0 Å². The lowest BCUT2D eigenvalue weighted by atomic mass is 9.99. The highest BCUT2D eigenvalue weighted by molar-refractivity contribution is 5.97. The summed E-state index contributed by atoms with van der Waals surface area (Å²) >= 11 is 0. The van der Waals surface area contributed by atoms with E-state index < -0.39 is 0 Å². The van der Waals surface area contributed by atoms with Gasteiger partial charge in [0.15, 0.2) is 12.0 Å². The second-order valence-corrected chi connectivity index (χ2v) is 6.00. The minimum Gasteiger partial charge on any atom is -0.453 e. The third-order valence-electron chi connectivity index (χ3n) is 3.08. The first-order valence-corrected chi connectivity index (χ1v) is 6.79. The fourth-order valence-corrected chi connectivity index (χ4v) is 2.12. The van der Waals surface area contributed by atoms with E-state index in [0.717, 1.165) is 11.1 Å². The van der Waals surface area contributed by atoms with Crippen LogP contribution in [0.5, 0.6) is 0 Å². The first-order valence-electron chi connectivity index (χ1n) is 6.79. The van der Waals surface area contributed by atoms with Crippen molar-refractivity contribution in [1.82, 2.24) is 5.32 Å². The standard InChI is InChI=1S/C17H19NO3/c1-11-13(15-9-8-12(10-19)21-15)6-5-7-14(11)16(20)18-17(2,3)4/h5-10H,1-4H3,(H,18,20). The molecule has 0 aliphatic rings. The van der Waals surface area contributed by atoms with Crippen molar-refractivity contribution in [2.75, 3.05) is 0 Å². The van der Waals surface area contributed by atoms with Gasteiger partial charge in [0, 0.05) is 16.7 Å². The molecule has 110 valence electrons. The first kappa shape index (κ1) is 15.0. The second-order valence-electron chi connectivity index (χ2n) is 6.00. The number of hydrogen-bond acceptors (Lipinski definition) is 3. The fraction of sp³-hybridized carbons (Fsp3) is 0.294. The molecule has 4 nitrogen and oxygen atoms in total. The lowest BCUT2D eigenvalue weighted by Gasteiger charge is -2.21. The lowest BCUT2D eigenvalue weighted by Crippen LogP contribution is -2.40. The zero-order valence-electron chi connectivity index (χ0n) is 12.7. The van der Waals surface area contributed by atoms with Gasteiger partial charge in [-0.05, 0) is 51.5 Å². The van der Waals surface area contributed by atoms with Crippen molar-refractivity contribution in [2.24, 2.45) is 0 Å². The van der Waals surface area contributed by atoms with Crippen LogP contribution in [0.2, 0.25) is 0 Å². The summed E-state index contributed by atoms with van der Waals surface area (Å²) < 4.78 is 5.44. The molecule has 0 fully saturated rings. The summed E-state index contributed by atoms with van der Waals surface area (Å²) in [5, 5.41) is 2.95. The Morgan fingerprint density at radius 3 is 2.48 bits per heavy atom. The van der Waals surface area contributed by atoms with Crippen LogP contribution < -0.4 is 5.32 Å². The molecule has 0 saturated heterocycles. The molecule has 0 radical (unpaired) electrons. The minimum absolute atomic E-state index is 0.121. The number of benzene rings is 1. The summed E-state index contributed by atoms with van der Waals surface area (Å²) in [6.45, 7) is 7.68. The van der Waals surface area contributed by atoms with E-state index in [1.54, 1.807) is 18.2 Å². The van der Waals surface area contributed by atoms with E-state index in [4.69, 9.17) is 4.42 Å². The van der Waals surface area contributed by atoms with E-state index in [9.17, 15) is 9.59 Å². The zero-order valence-corrected chi connectivity index (χ0v) is 12.7. The number of furan rings is 1. The smallest absolute Gasteiger partial charge is 0.251 e. The molecular formula is C17H19NO3. The molecule has 0 spiro atoms. The highest BCUT2D eigenvalue weighted by atomic mass is 16.3. The van der Waals surface area contributed by atoms with Crippen molar-refractivity contribution in [3.05, 3.63) is 47.2 Å². The molecule has 1 aromatic heterocycles. The highest BCUT2D eigenvalue weighted by Crippen LogP contribution is 2.27. The average molecular weight is 285 g/mol. The third-order valence-corrected chi connectivity index (χ3v) is 3.08. The topological polar surface area (TPSA) is 59.3 Å². The summed E-state index contributed by atoms with van der Waals surface area (Å²) in [4.78, 5) is 23.0. The minimum atomic E-state index is -0.297. The van der Waals surface area contributed by atoms with Gasteiger partial charge in [-0.25, -0.2) is 0 Å². The van der Waals surface area contributed by atoms with Gasteiger partial charge in [0.1, 0.15) is 5.76 Å². The fourth-order valence-electron chi connectivity index (χ4n) is 2.12. The summed E-state index contributed by atoms with van der Waals surface area (Å²) in [6, 6.07) is 8.81. The molecule has 0 saturated carbocycles. The van der Waals surface area contributed by atoms with Gasteiger partial charge in [0.25, 0.3) is 5.91 Å². The molecule has 2 rings (SSSR count). The van der Waals surface area contributed by atoms with Crippen LogP contribution in [0.25, 0.3) is 11.3 Å². The first-order chi connectivity index (χ1) is 9.81. The molecule has 1 heterocycles. The Morgan fingerprint density at radius 2 is 1.90 bits per heavy atom. The lowest BCUT2D eigenvalue weighted by molar-refractivity contribution is 0.0918. The maximum Gasteiger partial charge on any atom is 0.251 e. The predicted molar refractivity (Wildman–Crippen MR) is 81.5 cm³/mol. The van der Waals surface area contributed by atoms with Gasteiger partial charge in [-0.15, -0.1) is 0 Å². The monoisotopic (exact) mass is 285 g/mol. The Balaban J connectivity index is 2.40. The van der Waals surface area contributed by atoms with Gasteiger partial charge in [0.2, 0.25) is 0 Å². The van der Waals surface area contributed by atoms with Gasteiger partial charge in [-0.2, -0.15) is 0 Å². The van der Waals surface area contributed by atoms with Crippen LogP contribution in [0.1, 0.15) is 47.2 Å². The molecule has 0 aliphatic heterocycles. The number of amides is 1. The summed E-state index contributed by atoms with van der Waals surface area (Å²) in [7, 11) is 0. The molecule has 1 amide bonds. The maximum absolute atomic E-state index is 12.3. The summed E-state index contributed by atoms with van der Waals surface area (Å²) in [5.41, 5.74) is 1.94. The molecular weight excluding hydrogens is 266 g/mol. The number of nitrogens with one attached hydrogen (secondary N) is 1. The van der Waals surface area contributed by atoms with Crippen molar-refractivity contribution < 1.29 is 14.0 Å². The van der Waals surface area contributed by atoms with Crippen molar-refractivity contribution in [1.29, 1.82) is 0 Å². The molecule has 1 aromatic carbocycles. The van der Waals surface area contributed by atoms with Crippen LogP contribution in [0.3, 0.4) is 0 Å². The van der Waals surface area contributed by atoms with Crippen LogP contribution in [0, 0.1) is 6.92 Å². The van der Waals surface area contributed by atoms with E-state index in [2.05, 4.69) is 5.32 Å². The van der Waals surface area contributed by atoms with Gasteiger partial charge in [-0.3, -0.25) is 9.59 Å². The number of carbonyl (C=O) groups is 2. The van der Waals surface area contributed by atoms with E-state index in [0.29, 0.717) is 17.6 Å². The number of hydrogen-bond donors (Lipinski definition) is 1. The Labute approximate surface area is 124 Å². The molecule has 0 aliphatic carbocycles. The van der Waals surface area contributed by atoms with Gasteiger partial charge in [-0.1, -0.05) is 12.1 Å². The number of carbonyl (C=O) groups excluding carboxylic acids is 2. The second kappa shape index (κ2) is 5.56. The highest BCUT2D eigenvalue weighted by Gasteiger charge is 2.19. The Kier molecular flexibility index (Phi) is 3.98. The largest absolute Gasteiger partial charge is 0.453 e. The molecule has 0 unspecified atom stereocenters.